The van der Waals surface area contributed by atoms with E-state index in [1.54, 1.807) is 6.07 Å². The number of aliphatic carboxylic acids is 1. The van der Waals surface area contributed by atoms with Gasteiger partial charge in [0.2, 0.25) is 0 Å². The van der Waals surface area contributed by atoms with E-state index in [9.17, 15) is 9.59 Å². The fraction of sp³-hybridized carbons (Fsp3) is 0.143. The Morgan fingerprint density at radius 3 is 2.74 bits per heavy atom. The molecule has 2 rings (SSSR count). The standard InChI is InChI=1S/C14H13NO4/c1-9-3-2-4-10(7-9)11-5-6-12(19-11)14(18)15-8-13(16)17/h2-7H,8H2,1H3,(H,15,18)(H,16,17). The van der Waals surface area contributed by atoms with E-state index >= 15 is 0 Å². The van der Waals surface area contributed by atoms with Gasteiger partial charge in [0, 0.05) is 5.56 Å². The molecule has 19 heavy (non-hydrogen) atoms. The summed E-state index contributed by atoms with van der Waals surface area (Å²) in [5.74, 6) is -0.970. The summed E-state index contributed by atoms with van der Waals surface area (Å²) in [4.78, 5) is 21.9. The van der Waals surface area contributed by atoms with E-state index in [0.29, 0.717) is 5.76 Å². The molecule has 0 radical (unpaired) electrons. The Hall–Kier alpha value is -2.56. The summed E-state index contributed by atoms with van der Waals surface area (Å²) < 4.78 is 5.41. The van der Waals surface area contributed by atoms with Crippen molar-refractivity contribution in [2.75, 3.05) is 6.54 Å². The number of amides is 1. The number of aryl methyl sites for hydroxylation is 1. The molecular formula is C14H13NO4. The molecule has 0 aliphatic heterocycles. The van der Waals surface area contributed by atoms with E-state index in [2.05, 4.69) is 5.32 Å². The van der Waals surface area contributed by atoms with Gasteiger partial charge in [-0.3, -0.25) is 9.59 Å². The van der Waals surface area contributed by atoms with Crippen molar-refractivity contribution in [1.82, 2.24) is 5.32 Å². The monoisotopic (exact) mass is 259 g/mol. The second-order valence-electron chi connectivity index (χ2n) is 4.11. The Labute approximate surface area is 109 Å². The second-order valence-corrected chi connectivity index (χ2v) is 4.11. The Bertz CT molecular complexity index is 615. The summed E-state index contributed by atoms with van der Waals surface area (Å²) in [6.07, 6.45) is 0. The smallest absolute Gasteiger partial charge is 0.322 e. The molecule has 2 N–H and O–H groups in total. The van der Waals surface area contributed by atoms with Crippen LogP contribution in [-0.2, 0) is 4.79 Å². The lowest BCUT2D eigenvalue weighted by atomic mass is 10.1. The maximum Gasteiger partial charge on any atom is 0.322 e. The second kappa shape index (κ2) is 5.39. The van der Waals surface area contributed by atoms with Gasteiger partial charge >= 0.3 is 5.97 Å². The zero-order valence-corrected chi connectivity index (χ0v) is 10.3. The number of carboxylic acid groups (broad SMARTS) is 1. The van der Waals surface area contributed by atoms with E-state index in [-0.39, 0.29) is 5.76 Å². The largest absolute Gasteiger partial charge is 0.480 e. The zero-order chi connectivity index (χ0) is 13.8. The van der Waals surface area contributed by atoms with Crippen molar-refractivity contribution in [2.24, 2.45) is 0 Å². The first kappa shape index (κ1) is 12.9. The molecule has 0 unspecified atom stereocenters. The fourth-order valence-corrected chi connectivity index (χ4v) is 1.66. The highest BCUT2D eigenvalue weighted by atomic mass is 16.4. The number of rotatable bonds is 4. The summed E-state index contributed by atoms with van der Waals surface area (Å²) in [6.45, 7) is 1.53. The average Bonchev–Trinajstić information content (AvgIpc) is 2.85. The first-order valence-corrected chi connectivity index (χ1v) is 5.73. The van der Waals surface area contributed by atoms with E-state index < -0.39 is 18.4 Å². The third-order valence-electron chi connectivity index (χ3n) is 2.53. The Balaban J connectivity index is 2.15. The number of benzene rings is 1. The van der Waals surface area contributed by atoms with Crippen LogP contribution in [0.5, 0.6) is 0 Å². The molecule has 0 saturated carbocycles. The molecule has 5 heteroatoms. The minimum atomic E-state index is -1.10. The molecule has 1 aromatic heterocycles. The van der Waals surface area contributed by atoms with Crippen LogP contribution >= 0.6 is 0 Å². The Morgan fingerprint density at radius 1 is 1.26 bits per heavy atom. The van der Waals surface area contributed by atoms with Gasteiger partial charge in [-0.15, -0.1) is 0 Å². The van der Waals surface area contributed by atoms with Crippen LogP contribution in [0.2, 0.25) is 0 Å². The lowest BCUT2D eigenvalue weighted by Gasteiger charge is -2.00. The predicted molar refractivity (Wildman–Crippen MR) is 68.9 cm³/mol. The van der Waals surface area contributed by atoms with Crippen LogP contribution < -0.4 is 5.32 Å². The molecule has 0 bridgehead atoms. The molecule has 98 valence electrons. The summed E-state index contributed by atoms with van der Waals surface area (Å²) in [7, 11) is 0. The first-order valence-electron chi connectivity index (χ1n) is 5.73. The maximum atomic E-state index is 11.6. The molecule has 1 amide bonds. The molecule has 0 fully saturated rings. The van der Waals surface area contributed by atoms with Gasteiger partial charge in [-0.25, -0.2) is 0 Å². The molecule has 1 aromatic carbocycles. The van der Waals surface area contributed by atoms with Crippen LogP contribution in [0.25, 0.3) is 11.3 Å². The summed E-state index contributed by atoms with van der Waals surface area (Å²) in [5, 5.41) is 10.7. The van der Waals surface area contributed by atoms with Crippen molar-refractivity contribution >= 4 is 11.9 Å². The number of nitrogens with one attached hydrogen (secondary N) is 1. The number of carbonyl (C=O) groups is 2. The van der Waals surface area contributed by atoms with E-state index in [4.69, 9.17) is 9.52 Å². The van der Waals surface area contributed by atoms with Gasteiger partial charge in [-0.05, 0) is 25.1 Å². The van der Waals surface area contributed by atoms with Crippen molar-refractivity contribution in [3.05, 3.63) is 47.7 Å². The minimum Gasteiger partial charge on any atom is -0.480 e. The molecule has 0 aliphatic carbocycles. The van der Waals surface area contributed by atoms with E-state index in [0.717, 1.165) is 11.1 Å². The van der Waals surface area contributed by atoms with Gasteiger partial charge in [0.1, 0.15) is 12.3 Å². The van der Waals surface area contributed by atoms with Gasteiger partial charge in [-0.1, -0.05) is 23.8 Å². The van der Waals surface area contributed by atoms with Gasteiger partial charge < -0.3 is 14.8 Å². The van der Waals surface area contributed by atoms with Gasteiger partial charge in [0.25, 0.3) is 5.91 Å². The zero-order valence-electron chi connectivity index (χ0n) is 10.3. The Kier molecular flexibility index (Phi) is 3.66. The number of hydrogen-bond acceptors (Lipinski definition) is 3. The van der Waals surface area contributed by atoms with Crippen molar-refractivity contribution in [3.63, 3.8) is 0 Å². The molecule has 1 heterocycles. The Morgan fingerprint density at radius 2 is 2.05 bits per heavy atom. The van der Waals surface area contributed by atoms with Crippen LogP contribution in [0.4, 0.5) is 0 Å². The van der Waals surface area contributed by atoms with Crippen LogP contribution in [0.1, 0.15) is 16.1 Å². The fourth-order valence-electron chi connectivity index (χ4n) is 1.66. The van der Waals surface area contributed by atoms with Gasteiger partial charge in [0.15, 0.2) is 5.76 Å². The van der Waals surface area contributed by atoms with Crippen molar-refractivity contribution < 1.29 is 19.1 Å². The number of carbonyl (C=O) groups excluding carboxylic acids is 1. The van der Waals surface area contributed by atoms with Crippen molar-refractivity contribution in [1.29, 1.82) is 0 Å². The summed E-state index contributed by atoms with van der Waals surface area (Å²) >= 11 is 0. The number of furan rings is 1. The molecule has 0 saturated heterocycles. The average molecular weight is 259 g/mol. The SMILES string of the molecule is Cc1cccc(-c2ccc(C(=O)NCC(=O)O)o2)c1. The van der Waals surface area contributed by atoms with Crippen LogP contribution in [0, 0.1) is 6.92 Å². The van der Waals surface area contributed by atoms with Crippen LogP contribution in [-0.4, -0.2) is 23.5 Å². The normalized spacial score (nSPS) is 10.2. The third-order valence-corrected chi connectivity index (χ3v) is 2.53. The highest BCUT2D eigenvalue weighted by molar-refractivity contribution is 5.93. The predicted octanol–water partition coefficient (Wildman–Crippen LogP) is 2.07. The third kappa shape index (κ3) is 3.22. The van der Waals surface area contributed by atoms with Crippen molar-refractivity contribution in [2.45, 2.75) is 6.92 Å². The maximum absolute atomic E-state index is 11.6. The number of hydrogen-bond donors (Lipinski definition) is 2. The molecule has 0 aliphatic rings. The topological polar surface area (TPSA) is 79.5 Å². The van der Waals surface area contributed by atoms with Gasteiger partial charge in [0.05, 0.1) is 0 Å². The van der Waals surface area contributed by atoms with Crippen molar-refractivity contribution in [3.8, 4) is 11.3 Å². The summed E-state index contributed by atoms with van der Waals surface area (Å²) in [5.41, 5.74) is 1.96. The quantitative estimate of drug-likeness (QED) is 0.880. The van der Waals surface area contributed by atoms with E-state index in [1.165, 1.54) is 6.07 Å². The lowest BCUT2D eigenvalue weighted by Crippen LogP contribution is -2.28. The molecule has 5 nitrogen and oxygen atoms in total. The number of carboxylic acids is 1. The van der Waals surface area contributed by atoms with Crippen LogP contribution in [0.15, 0.2) is 40.8 Å². The molecule has 0 spiro atoms. The minimum absolute atomic E-state index is 0.0951. The molecule has 2 aromatic rings. The van der Waals surface area contributed by atoms with Gasteiger partial charge in [-0.2, -0.15) is 0 Å². The highest BCUT2D eigenvalue weighted by Gasteiger charge is 2.12. The lowest BCUT2D eigenvalue weighted by molar-refractivity contribution is -0.135. The highest BCUT2D eigenvalue weighted by Crippen LogP contribution is 2.22. The summed E-state index contributed by atoms with van der Waals surface area (Å²) in [6, 6.07) is 10.9. The van der Waals surface area contributed by atoms with Crippen LogP contribution in [0.3, 0.4) is 0 Å². The molecular weight excluding hydrogens is 246 g/mol. The molecule has 0 atom stereocenters. The van der Waals surface area contributed by atoms with E-state index in [1.807, 2.05) is 31.2 Å². The first-order chi connectivity index (χ1) is 9.06.